The molecule has 0 heterocycles. The van der Waals surface area contributed by atoms with Crippen molar-refractivity contribution in [1.82, 2.24) is 5.32 Å². The molecule has 1 aliphatic rings. The first-order valence-corrected chi connectivity index (χ1v) is 7.02. The SMILES string of the molecule is COC(=O)C(NCc1ccccc1C1CC1)C(C)C. The van der Waals surface area contributed by atoms with Gasteiger partial charge in [-0.25, -0.2) is 0 Å². The van der Waals surface area contributed by atoms with Gasteiger partial charge in [0.15, 0.2) is 0 Å². The molecular formula is C16H23NO2. The number of carbonyl (C=O) groups is 1. The molecule has 19 heavy (non-hydrogen) atoms. The second kappa shape index (κ2) is 6.20. The number of hydrogen-bond acceptors (Lipinski definition) is 3. The smallest absolute Gasteiger partial charge is 0.323 e. The van der Waals surface area contributed by atoms with E-state index in [0.29, 0.717) is 0 Å². The zero-order chi connectivity index (χ0) is 13.8. The maximum atomic E-state index is 11.7. The van der Waals surface area contributed by atoms with Gasteiger partial charge in [0.25, 0.3) is 0 Å². The molecule has 104 valence electrons. The van der Waals surface area contributed by atoms with Crippen LogP contribution < -0.4 is 5.32 Å². The van der Waals surface area contributed by atoms with E-state index >= 15 is 0 Å². The molecule has 3 nitrogen and oxygen atoms in total. The van der Waals surface area contributed by atoms with E-state index < -0.39 is 0 Å². The highest BCUT2D eigenvalue weighted by Gasteiger charge is 2.27. The van der Waals surface area contributed by atoms with Crippen LogP contribution in [0.2, 0.25) is 0 Å². The summed E-state index contributed by atoms with van der Waals surface area (Å²) in [5.74, 6) is 0.771. The molecule has 0 bridgehead atoms. The maximum absolute atomic E-state index is 11.7. The number of carbonyl (C=O) groups excluding carboxylic acids is 1. The van der Waals surface area contributed by atoms with Crippen molar-refractivity contribution in [1.29, 1.82) is 0 Å². The highest BCUT2D eigenvalue weighted by Crippen LogP contribution is 2.41. The topological polar surface area (TPSA) is 38.3 Å². The number of methoxy groups -OCH3 is 1. The van der Waals surface area contributed by atoms with Gasteiger partial charge < -0.3 is 10.1 Å². The lowest BCUT2D eigenvalue weighted by Gasteiger charge is -2.20. The standard InChI is InChI=1S/C16H23NO2/c1-11(2)15(16(18)19-3)17-10-13-6-4-5-7-14(13)12-8-9-12/h4-7,11-12,15,17H,8-10H2,1-3H3. The Morgan fingerprint density at radius 1 is 1.37 bits per heavy atom. The fourth-order valence-corrected chi connectivity index (χ4v) is 2.43. The van der Waals surface area contributed by atoms with Gasteiger partial charge in [-0.05, 0) is 35.8 Å². The Morgan fingerprint density at radius 3 is 2.63 bits per heavy atom. The third-order valence-electron chi connectivity index (χ3n) is 3.71. The first-order chi connectivity index (χ1) is 9.13. The quantitative estimate of drug-likeness (QED) is 0.800. The molecule has 0 aliphatic heterocycles. The summed E-state index contributed by atoms with van der Waals surface area (Å²) in [6.07, 6.45) is 2.59. The zero-order valence-electron chi connectivity index (χ0n) is 12.0. The molecule has 0 aromatic heterocycles. The van der Waals surface area contributed by atoms with Crippen molar-refractivity contribution in [3.8, 4) is 0 Å². The molecule has 3 heteroatoms. The summed E-state index contributed by atoms with van der Waals surface area (Å²) in [6, 6.07) is 8.27. The third kappa shape index (κ3) is 3.57. The molecule has 1 atom stereocenters. The van der Waals surface area contributed by atoms with Gasteiger partial charge in [-0.15, -0.1) is 0 Å². The van der Waals surface area contributed by atoms with E-state index in [1.54, 1.807) is 0 Å². The van der Waals surface area contributed by atoms with E-state index in [1.165, 1.54) is 31.1 Å². The van der Waals surface area contributed by atoms with Gasteiger partial charge >= 0.3 is 5.97 Å². The third-order valence-corrected chi connectivity index (χ3v) is 3.71. The Hall–Kier alpha value is -1.35. The van der Waals surface area contributed by atoms with E-state index in [1.807, 2.05) is 13.8 Å². The van der Waals surface area contributed by atoms with Crippen LogP contribution in [0.1, 0.15) is 43.7 Å². The van der Waals surface area contributed by atoms with E-state index in [2.05, 4.69) is 29.6 Å². The number of hydrogen-bond donors (Lipinski definition) is 1. The highest BCUT2D eigenvalue weighted by atomic mass is 16.5. The van der Waals surface area contributed by atoms with E-state index in [-0.39, 0.29) is 17.9 Å². The van der Waals surface area contributed by atoms with Crippen molar-refractivity contribution < 1.29 is 9.53 Å². The highest BCUT2D eigenvalue weighted by molar-refractivity contribution is 5.75. The number of esters is 1. The minimum atomic E-state index is -0.239. The Kier molecular flexibility index (Phi) is 4.59. The average Bonchev–Trinajstić information content (AvgIpc) is 3.23. The summed E-state index contributed by atoms with van der Waals surface area (Å²) >= 11 is 0. The predicted octanol–water partition coefficient (Wildman–Crippen LogP) is 2.85. The molecule has 0 amide bonds. The molecule has 1 aromatic rings. The number of benzene rings is 1. The minimum Gasteiger partial charge on any atom is -0.468 e. The Bertz CT molecular complexity index is 438. The molecule has 1 aliphatic carbocycles. The molecule has 1 unspecified atom stereocenters. The zero-order valence-corrected chi connectivity index (χ0v) is 12.0. The van der Waals surface area contributed by atoms with Crippen LogP contribution in [0.5, 0.6) is 0 Å². The Morgan fingerprint density at radius 2 is 2.05 bits per heavy atom. The normalized spacial score (nSPS) is 16.4. The molecule has 0 spiro atoms. The first-order valence-electron chi connectivity index (χ1n) is 7.02. The molecule has 1 fully saturated rings. The van der Waals surface area contributed by atoms with Crippen LogP contribution in [0.25, 0.3) is 0 Å². The monoisotopic (exact) mass is 261 g/mol. The van der Waals surface area contributed by atoms with Gasteiger partial charge in [0, 0.05) is 6.54 Å². The molecule has 1 N–H and O–H groups in total. The summed E-state index contributed by atoms with van der Waals surface area (Å²) in [5, 5.41) is 3.33. The summed E-state index contributed by atoms with van der Waals surface area (Å²) < 4.78 is 4.85. The molecule has 0 saturated heterocycles. The van der Waals surface area contributed by atoms with Crippen LogP contribution in [0, 0.1) is 5.92 Å². The average molecular weight is 261 g/mol. The molecule has 1 saturated carbocycles. The van der Waals surface area contributed by atoms with Crippen LogP contribution in [0.15, 0.2) is 24.3 Å². The number of rotatable bonds is 6. The van der Waals surface area contributed by atoms with Crippen molar-refractivity contribution in [3.05, 3.63) is 35.4 Å². The summed E-state index contributed by atoms with van der Waals surface area (Å²) in [5.41, 5.74) is 2.74. The van der Waals surface area contributed by atoms with Crippen molar-refractivity contribution in [2.75, 3.05) is 7.11 Å². The largest absolute Gasteiger partial charge is 0.468 e. The minimum absolute atomic E-state index is 0.182. The maximum Gasteiger partial charge on any atom is 0.323 e. The summed E-state index contributed by atoms with van der Waals surface area (Å²) in [6.45, 7) is 4.79. The van der Waals surface area contributed by atoms with Crippen LogP contribution >= 0.6 is 0 Å². The van der Waals surface area contributed by atoms with E-state index in [0.717, 1.165) is 12.5 Å². The van der Waals surface area contributed by atoms with Gasteiger partial charge in [0.2, 0.25) is 0 Å². The fourth-order valence-electron chi connectivity index (χ4n) is 2.43. The van der Waals surface area contributed by atoms with Gasteiger partial charge in [-0.2, -0.15) is 0 Å². The molecule has 0 radical (unpaired) electrons. The van der Waals surface area contributed by atoms with Crippen LogP contribution in [0.4, 0.5) is 0 Å². The van der Waals surface area contributed by atoms with Crippen LogP contribution in [-0.2, 0) is 16.1 Å². The molecular weight excluding hydrogens is 238 g/mol. The van der Waals surface area contributed by atoms with Crippen molar-refractivity contribution in [2.24, 2.45) is 5.92 Å². The lowest BCUT2D eigenvalue weighted by atomic mass is 10.0. The van der Waals surface area contributed by atoms with E-state index in [4.69, 9.17) is 4.74 Å². The molecule has 1 aromatic carbocycles. The second-order valence-corrected chi connectivity index (χ2v) is 5.60. The second-order valence-electron chi connectivity index (χ2n) is 5.60. The van der Waals surface area contributed by atoms with Crippen LogP contribution in [0.3, 0.4) is 0 Å². The first kappa shape index (κ1) is 14.1. The van der Waals surface area contributed by atoms with Gasteiger partial charge in [0.1, 0.15) is 6.04 Å². The number of ether oxygens (including phenoxy) is 1. The van der Waals surface area contributed by atoms with Gasteiger partial charge in [0.05, 0.1) is 7.11 Å². The lowest BCUT2D eigenvalue weighted by Crippen LogP contribution is -2.41. The van der Waals surface area contributed by atoms with E-state index in [9.17, 15) is 4.79 Å². The molecule has 2 rings (SSSR count). The predicted molar refractivity (Wildman–Crippen MR) is 75.9 cm³/mol. The number of nitrogens with one attached hydrogen (secondary N) is 1. The van der Waals surface area contributed by atoms with Crippen molar-refractivity contribution >= 4 is 5.97 Å². The summed E-state index contributed by atoms with van der Waals surface area (Å²) in [7, 11) is 1.44. The van der Waals surface area contributed by atoms with Gasteiger partial charge in [-0.3, -0.25) is 4.79 Å². The lowest BCUT2D eigenvalue weighted by molar-refractivity contribution is -0.144. The fraction of sp³-hybridized carbons (Fsp3) is 0.562. The van der Waals surface area contributed by atoms with Crippen molar-refractivity contribution in [2.45, 2.75) is 45.2 Å². The van der Waals surface area contributed by atoms with Crippen molar-refractivity contribution in [3.63, 3.8) is 0 Å². The Labute approximate surface area is 115 Å². The summed E-state index contributed by atoms with van der Waals surface area (Å²) in [4.78, 5) is 11.7. The van der Waals surface area contributed by atoms with Gasteiger partial charge in [-0.1, -0.05) is 38.1 Å². The Balaban J connectivity index is 2.02. The van der Waals surface area contributed by atoms with Crippen LogP contribution in [-0.4, -0.2) is 19.1 Å².